The van der Waals surface area contributed by atoms with Gasteiger partial charge < -0.3 is 15.4 Å². The van der Waals surface area contributed by atoms with Gasteiger partial charge >= 0.3 is 0 Å². The van der Waals surface area contributed by atoms with Gasteiger partial charge in [-0.15, -0.1) is 0 Å². The highest BCUT2D eigenvalue weighted by molar-refractivity contribution is 5.92. The molecule has 0 heterocycles. The summed E-state index contributed by atoms with van der Waals surface area (Å²) in [6.45, 7) is 0.00604. The molecule has 0 spiro atoms. The standard InChI is InChI=1S/C20H24N2O2/c23-20(15-24-19-9-5-2-6-10-19)22-18-13-11-17(12-14-18)21-16-7-3-1-4-8-16/h2,5-6,9-14,16,21H,1,3-4,7-8,15H2,(H,22,23). The lowest BCUT2D eigenvalue weighted by atomic mass is 9.95. The summed E-state index contributed by atoms with van der Waals surface area (Å²) in [6.07, 6.45) is 6.47. The van der Waals surface area contributed by atoms with Crippen LogP contribution in [0.15, 0.2) is 54.6 Å². The number of carbonyl (C=O) groups excluding carboxylic acids is 1. The number of nitrogens with one attached hydrogen (secondary N) is 2. The SMILES string of the molecule is O=C(COc1ccccc1)Nc1ccc(NC2CCCCC2)cc1. The molecule has 24 heavy (non-hydrogen) atoms. The molecule has 0 radical (unpaired) electrons. The Labute approximate surface area is 143 Å². The van der Waals surface area contributed by atoms with E-state index in [9.17, 15) is 4.79 Å². The Morgan fingerprint density at radius 1 is 0.917 bits per heavy atom. The van der Waals surface area contributed by atoms with Crippen LogP contribution >= 0.6 is 0 Å². The third kappa shape index (κ3) is 5.01. The van der Waals surface area contributed by atoms with Gasteiger partial charge in [-0.05, 0) is 49.2 Å². The summed E-state index contributed by atoms with van der Waals surface area (Å²) >= 11 is 0. The lowest BCUT2D eigenvalue weighted by Gasteiger charge is -2.23. The zero-order valence-corrected chi connectivity index (χ0v) is 13.8. The van der Waals surface area contributed by atoms with Crippen molar-refractivity contribution < 1.29 is 9.53 Å². The highest BCUT2D eigenvalue weighted by Crippen LogP contribution is 2.22. The fourth-order valence-electron chi connectivity index (χ4n) is 3.00. The number of benzene rings is 2. The fraction of sp³-hybridized carbons (Fsp3) is 0.350. The molecule has 0 bridgehead atoms. The molecular weight excluding hydrogens is 300 g/mol. The van der Waals surface area contributed by atoms with Crippen LogP contribution in [0.3, 0.4) is 0 Å². The lowest BCUT2D eigenvalue weighted by molar-refractivity contribution is -0.118. The molecule has 126 valence electrons. The van der Waals surface area contributed by atoms with Crippen molar-refractivity contribution in [2.24, 2.45) is 0 Å². The van der Waals surface area contributed by atoms with E-state index in [0.717, 1.165) is 11.4 Å². The third-order valence-corrected chi connectivity index (χ3v) is 4.26. The second kappa shape index (κ2) is 8.39. The van der Waals surface area contributed by atoms with E-state index >= 15 is 0 Å². The number of hydrogen-bond donors (Lipinski definition) is 2. The molecule has 0 saturated heterocycles. The van der Waals surface area contributed by atoms with Gasteiger partial charge in [0.05, 0.1) is 0 Å². The van der Waals surface area contributed by atoms with Crippen molar-refractivity contribution in [3.8, 4) is 5.75 Å². The summed E-state index contributed by atoms with van der Waals surface area (Å²) in [5.41, 5.74) is 1.89. The Kier molecular flexibility index (Phi) is 5.72. The summed E-state index contributed by atoms with van der Waals surface area (Å²) < 4.78 is 5.44. The molecule has 1 fully saturated rings. The first-order valence-electron chi connectivity index (χ1n) is 8.64. The molecule has 0 atom stereocenters. The van der Waals surface area contributed by atoms with Crippen LogP contribution in [0.25, 0.3) is 0 Å². The van der Waals surface area contributed by atoms with Crippen LogP contribution in [0.4, 0.5) is 11.4 Å². The van der Waals surface area contributed by atoms with Crippen LogP contribution in [0.5, 0.6) is 5.75 Å². The van der Waals surface area contributed by atoms with Crippen molar-refractivity contribution in [3.05, 3.63) is 54.6 Å². The Morgan fingerprint density at radius 2 is 1.58 bits per heavy atom. The Bertz CT molecular complexity index is 634. The summed E-state index contributed by atoms with van der Waals surface area (Å²) in [6, 6.07) is 17.8. The molecule has 0 unspecified atom stereocenters. The molecule has 1 amide bonds. The number of ether oxygens (including phenoxy) is 1. The molecule has 4 nitrogen and oxygen atoms in total. The van der Waals surface area contributed by atoms with Crippen LogP contribution in [-0.2, 0) is 4.79 Å². The average molecular weight is 324 g/mol. The molecule has 1 aliphatic carbocycles. The third-order valence-electron chi connectivity index (χ3n) is 4.26. The average Bonchev–Trinajstić information content (AvgIpc) is 2.63. The number of rotatable bonds is 6. The predicted molar refractivity (Wildman–Crippen MR) is 97.5 cm³/mol. The fourth-order valence-corrected chi connectivity index (χ4v) is 3.00. The second-order valence-electron chi connectivity index (χ2n) is 6.21. The molecular formula is C20H24N2O2. The highest BCUT2D eigenvalue weighted by atomic mass is 16.5. The van der Waals surface area contributed by atoms with Gasteiger partial charge in [0.15, 0.2) is 6.61 Å². The van der Waals surface area contributed by atoms with Gasteiger partial charge in [0.1, 0.15) is 5.75 Å². The molecule has 4 heteroatoms. The van der Waals surface area contributed by atoms with Crippen molar-refractivity contribution in [2.75, 3.05) is 17.2 Å². The van der Waals surface area contributed by atoms with Gasteiger partial charge in [-0.25, -0.2) is 0 Å². The second-order valence-corrected chi connectivity index (χ2v) is 6.21. The molecule has 1 aliphatic rings. The first-order chi connectivity index (χ1) is 11.8. The predicted octanol–water partition coefficient (Wildman–Crippen LogP) is 4.45. The van der Waals surface area contributed by atoms with Crippen molar-refractivity contribution in [3.63, 3.8) is 0 Å². The van der Waals surface area contributed by atoms with E-state index in [2.05, 4.69) is 10.6 Å². The van der Waals surface area contributed by atoms with E-state index in [1.165, 1.54) is 32.1 Å². The van der Waals surface area contributed by atoms with Gasteiger partial charge in [0, 0.05) is 17.4 Å². The Morgan fingerprint density at radius 3 is 2.29 bits per heavy atom. The van der Waals surface area contributed by atoms with Gasteiger partial charge in [-0.3, -0.25) is 4.79 Å². The minimum Gasteiger partial charge on any atom is -0.484 e. The number of para-hydroxylation sites is 1. The zero-order chi connectivity index (χ0) is 16.6. The van der Waals surface area contributed by atoms with Gasteiger partial charge in [-0.1, -0.05) is 37.5 Å². The van der Waals surface area contributed by atoms with Crippen molar-refractivity contribution >= 4 is 17.3 Å². The van der Waals surface area contributed by atoms with E-state index < -0.39 is 0 Å². The van der Waals surface area contributed by atoms with Crippen molar-refractivity contribution in [1.29, 1.82) is 0 Å². The highest BCUT2D eigenvalue weighted by Gasteiger charge is 2.12. The van der Waals surface area contributed by atoms with Gasteiger partial charge in [0.25, 0.3) is 5.91 Å². The van der Waals surface area contributed by atoms with Crippen molar-refractivity contribution in [1.82, 2.24) is 0 Å². The molecule has 2 aromatic carbocycles. The number of carbonyl (C=O) groups is 1. The maximum atomic E-state index is 11.9. The minimum absolute atomic E-state index is 0.00604. The van der Waals surface area contributed by atoms with Gasteiger partial charge in [0.2, 0.25) is 0 Å². The number of amides is 1. The first kappa shape index (κ1) is 16.4. The van der Waals surface area contributed by atoms with E-state index in [1.807, 2.05) is 54.6 Å². The van der Waals surface area contributed by atoms with Gasteiger partial charge in [-0.2, -0.15) is 0 Å². The van der Waals surface area contributed by atoms with Crippen LogP contribution in [0.1, 0.15) is 32.1 Å². The smallest absolute Gasteiger partial charge is 0.262 e. The quantitative estimate of drug-likeness (QED) is 0.825. The number of hydrogen-bond acceptors (Lipinski definition) is 3. The monoisotopic (exact) mass is 324 g/mol. The van der Waals surface area contributed by atoms with Crippen molar-refractivity contribution in [2.45, 2.75) is 38.1 Å². The summed E-state index contributed by atoms with van der Waals surface area (Å²) in [7, 11) is 0. The van der Waals surface area contributed by atoms with E-state index in [4.69, 9.17) is 4.74 Å². The summed E-state index contributed by atoms with van der Waals surface area (Å²) in [4.78, 5) is 11.9. The normalized spacial score (nSPS) is 14.8. The van der Waals surface area contributed by atoms with Crippen LogP contribution in [0.2, 0.25) is 0 Å². The topological polar surface area (TPSA) is 50.4 Å². The van der Waals surface area contributed by atoms with Crippen LogP contribution < -0.4 is 15.4 Å². The number of anilines is 2. The van der Waals surface area contributed by atoms with Crippen LogP contribution in [0, 0.1) is 0 Å². The molecule has 2 N–H and O–H groups in total. The first-order valence-corrected chi connectivity index (χ1v) is 8.64. The molecule has 0 aliphatic heterocycles. The maximum Gasteiger partial charge on any atom is 0.262 e. The Hall–Kier alpha value is -2.49. The zero-order valence-electron chi connectivity index (χ0n) is 13.8. The Balaban J connectivity index is 1.45. The van der Waals surface area contributed by atoms with E-state index in [1.54, 1.807) is 0 Å². The summed E-state index contributed by atoms with van der Waals surface area (Å²) in [5.74, 6) is 0.534. The molecule has 2 aromatic rings. The largest absolute Gasteiger partial charge is 0.484 e. The molecule has 3 rings (SSSR count). The molecule has 1 saturated carbocycles. The lowest BCUT2D eigenvalue weighted by Crippen LogP contribution is -2.22. The van der Waals surface area contributed by atoms with E-state index in [-0.39, 0.29) is 12.5 Å². The summed E-state index contributed by atoms with van der Waals surface area (Å²) in [5, 5.41) is 6.42. The minimum atomic E-state index is -0.160. The molecule has 0 aromatic heterocycles. The maximum absolute atomic E-state index is 11.9. The van der Waals surface area contributed by atoms with Crippen LogP contribution in [-0.4, -0.2) is 18.6 Å². The van der Waals surface area contributed by atoms with E-state index in [0.29, 0.717) is 11.8 Å².